The molecule has 0 radical (unpaired) electrons. The lowest BCUT2D eigenvalue weighted by molar-refractivity contribution is -0.0488. The number of aromatic nitrogens is 4. The van der Waals surface area contributed by atoms with Crippen LogP contribution < -0.4 is 10.9 Å². The van der Waals surface area contributed by atoms with Crippen LogP contribution in [0, 0.1) is 0 Å². The first kappa shape index (κ1) is 14.9. The number of ether oxygens (including phenoxy) is 1. The quantitative estimate of drug-likeness (QED) is 0.392. The molecule has 0 bridgehead atoms. The van der Waals surface area contributed by atoms with Crippen LogP contribution in [0.5, 0.6) is 0 Å². The Morgan fingerprint density at radius 2 is 2.09 bits per heavy atom. The van der Waals surface area contributed by atoms with E-state index in [1.165, 1.54) is 10.9 Å². The highest BCUT2D eigenvalue weighted by Gasteiger charge is 2.32. The Morgan fingerprint density at radius 3 is 2.77 bits per heavy atom. The molecule has 2 aromatic heterocycles. The van der Waals surface area contributed by atoms with Gasteiger partial charge in [-0.15, -0.1) is 0 Å². The first-order chi connectivity index (χ1) is 10.6. The van der Waals surface area contributed by atoms with Gasteiger partial charge in [-0.1, -0.05) is 0 Å². The van der Waals surface area contributed by atoms with Crippen molar-refractivity contribution in [1.82, 2.24) is 19.1 Å². The number of imidazole rings is 1. The van der Waals surface area contributed by atoms with E-state index in [1.54, 1.807) is 0 Å². The summed E-state index contributed by atoms with van der Waals surface area (Å²) in [5.41, 5.74) is -0.400. The summed E-state index contributed by atoms with van der Waals surface area (Å²) in [7, 11) is 0. The summed E-state index contributed by atoms with van der Waals surface area (Å²) in [5, 5.41) is 39.6. The lowest BCUT2D eigenvalue weighted by atomic mass is 10.4. The van der Waals surface area contributed by atoms with Crippen LogP contribution in [0.25, 0.3) is 11.2 Å². The van der Waals surface area contributed by atoms with Crippen molar-refractivity contribution in [3.63, 3.8) is 0 Å². The third-order valence-electron chi connectivity index (χ3n) is 3.35. The molecule has 3 heterocycles. The minimum Gasteiger partial charge on any atom is -0.394 e. The zero-order valence-electron chi connectivity index (χ0n) is 11.3. The predicted molar refractivity (Wildman–Crippen MR) is 71.7 cm³/mol. The average Bonchev–Trinajstić information content (AvgIpc) is 3.03. The van der Waals surface area contributed by atoms with Crippen molar-refractivity contribution in [1.29, 1.82) is 0 Å². The number of rotatable bonds is 5. The Hall–Kier alpha value is -2.05. The summed E-state index contributed by atoms with van der Waals surface area (Å²) in [6, 6.07) is 0. The van der Waals surface area contributed by atoms with Crippen LogP contribution >= 0.6 is 0 Å². The molecule has 0 aromatic carbocycles. The number of hydrogen-bond acceptors (Lipinski definition) is 9. The molecule has 1 aliphatic rings. The third kappa shape index (κ3) is 2.24. The van der Waals surface area contributed by atoms with E-state index in [0.717, 1.165) is 4.57 Å². The third-order valence-corrected chi connectivity index (χ3v) is 3.35. The molecule has 0 spiro atoms. The molecule has 0 saturated heterocycles. The minimum absolute atomic E-state index is 0.00634. The first-order valence-corrected chi connectivity index (χ1v) is 6.50. The van der Waals surface area contributed by atoms with Crippen LogP contribution in [0.1, 0.15) is 6.23 Å². The first-order valence-electron chi connectivity index (χ1n) is 6.50. The molecule has 2 aromatic rings. The van der Waals surface area contributed by atoms with E-state index >= 15 is 0 Å². The second-order valence-electron chi connectivity index (χ2n) is 4.78. The highest BCUT2D eigenvalue weighted by Crippen LogP contribution is 2.22. The Balaban J connectivity index is 1.97. The number of aliphatic hydroxyl groups excluding tert-OH is 4. The summed E-state index contributed by atoms with van der Waals surface area (Å²) < 4.78 is 7.57. The van der Waals surface area contributed by atoms with Crippen LogP contribution in [0.2, 0.25) is 0 Å². The van der Waals surface area contributed by atoms with E-state index in [-0.39, 0.29) is 37.1 Å². The van der Waals surface area contributed by atoms with Crippen LogP contribution in [0.15, 0.2) is 11.1 Å². The van der Waals surface area contributed by atoms with Crippen LogP contribution in [0.4, 0.5) is 5.95 Å². The smallest absolute Gasteiger partial charge is 0.285 e. The Bertz CT molecular complexity index is 738. The monoisotopic (exact) mass is 313 g/mol. The number of nitrogens with zero attached hydrogens (tertiary/aromatic N) is 4. The van der Waals surface area contributed by atoms with E-state index in [4.69, 9.17) is 14.9 Å². The molecular weight excluding hydrogens is 298 g/mol. The fraction of sp³-hybridized carbons (Fsp3) is 0.545. The standard InChI is InChI=1S/C11H15N5O6/c17-1-5(2-18)22-4-15-3-12-6-7(15)13-11-14-8(19)10(21)16(11)9(6)20/h3,5,8,10,17-19,21H,1-2,4H2,(H,13,14). The van der Waals surface area contributed by atoms with Gasteiger partial charge in [0.15, 0.2) is 23.6 Å². The molecule has 0 saturated carbocycles. The van der Waals surface area contributed by atoms with Gasteiger partial charge in [0.25, 0.3) is 5.56 Å². The van der Waals surface area contributed by atoms with E-state index in [2.05, 4.69) is 15.3 Å². The van der Waals surface area contributed by atoms with Crippen molar-refractivity contribution >= 4 is 17.1 Å². The van der Waals surface area contributed by atoms with Gasteiger partial charge in [-0.2, -0.15) is 4.98 Å². The topological polar surface area (TPSA) is 155 Å². The van der Waals surface area contributed by atoms with E-state index in [1.807, 2.05) is 0 Å². The fourth-order valence-corrected chi connectivity index (χ4v) is 2.15. The van der Waals surface area contributed by atoms with Gasteiger partial charge in [0, 0.05) is 0 Å². The molecule has 0 fully saturated rings. The van der Waals surface area contributed by atoms with Gasteiger partial charge in [-0.25, -0.2) is 9.55 Å². The Kier molecular flexibility index (Phi) is 3.80. The van der Waals surface area contributed by atoms with Gasteiger partial charge in [0.2, 0.25) is 5.95 Å². The van der Waals surface area contributed by atoms with Crippen LogP contribution in [-0.4, -0.2) is 65.1 Å². The maximum Gasteiger partial charge on any atom is 0.285 e. The molecule has 11 nitrogen and oxygen atoms in total. The molecule has 2 atom stereocenters. The molecule has 0 amide bonds. The molecule has 1 aliphatic heterocycles. The maximum absolute atomic E-state index is 12.3. The van der Waals surface area contributed by atoms with Gasteiger partial charge in [-0.3, -0.25) is 9.36 Å². The van der Waals surface area contributed by atoms with E-state index < -0.39 is 24.1 Å². The second kappa shape index (κ2) is 5.62. The van der Waals surface area contributed by atoms with Gasteiger partial charge in [0.05, 0.1) is 19.5 Å². The lowest BCUT2D eigenvalue weighted by Gasteiger charge is -2.13. The molecule has 120 valence electrons. The average molecular weight is 313 g/mol. The summed E-state index contributed by atoms with van der Waals surface area (Å²) in [5.74, 6) is 0.0140. The Labute approximate surface area is 123 Å². The predicted octanol–water partition coefficient (Wildman–Crippen LogP) is -2.84. The fourth-order valence-electron chi connectivity index (χ4n) is 2.15. The summed E-state index contributed by atoms with van der Waals surface area (Å²) in [6.45, 7) is -0.785. The molecule has 2 unspecified atom stereocenters. The largest absolute Gasteiger partial charge is 0.394 e. The van der Waals surface area contributed by atoms with Crippen molar-refractivity contribution in [3.05, 3.63) is 16.7 Å². The minimum atomic E-state index is -1.44. The van der Waals surface area contributed by atoms with Gasteiger partial charge in [-0.05, 0) is 0 Å². The van der Waals surface area contributed by atoms with E-state index in [0.29, 0.717) is 0 Å². The maximum atomic E-state index is 12.3. The second-order valence-corrected chi connectivity index (χ2v) is 4.78. The number of aliphatic hydroxyl groups is 4. The van der Waals surface area contributed by atoms with Crippen LogP contribution in [0.3, 0.4) is 0 Å². The zero-order valence-corrected chi connectivity index (χ0v) is 11.3. The molecule has 0 aliphatic carbocycles. The number of hydrogen-bond donors (Lipinski definition) is 5. The van der Waals surface area contributed by atoms with Crippen molar-refractivity contribution in [3.8, 4) is 0 Å². The number of anilines is 1. The SMILES string of the molecule is O=c1c2ncn(COC(CO)CO)c2nc2n1C(O)C(O)N2. The molecule has 22 heavy (non-hydrogen) atoms. The van der Waals surface area contributed by atoms with Crippen molar-refractivity contribution in [2.45, 2.75) is 25.3 Å². The normalized spacial score (nSPS) is 20.6. The van der Waals surface area contributed by atoms with Crippen molar-refractivity contribution < 1.29 is 25.2 Å². The summed E-state index contributed by atoms with van der Waals surface area (Å²) in [6.07, 6.45) is -2.20. The summed E-state index contributed by atoms with van der Waals surface area (Å²) >= 11 is 0. The Morgan fingerprint density at radius 1 is 1.36 bits per heavy atom. The van der Waals surface area contributed by atoms with E-state index in [9.17, 15) is 15.0 Å². The molecular formula is C11H15N5O6. The highest BCUT2D eigenvalue weighted by atomic mass is 16.5. The van der Waals surface area contributed by atoms with Gasteiger partial charge < -0.3 is 30.5 Å². The lowest BCUT2D eigenvalue weighted by Crippen LogP contribution is -2.27. The molecule has 11 heteroatoms. The van der Waals surface area contributed by atoms with Gasteiger partial charge in [0.1, 0.15) is 12.8 Å². The van der Waals surface area contributed by atoms with Crippen LogP contribution in [-0.2, 0) is 11.5 Å². The molecule has 3 rings (SSSR count). The molecule has 5 N–H and O–H groups in total. The van der Waals surface area contributed by atoms with Gasteiger partial charge >= 0.3 is 0 Å². The number of nitrogens with one attached hydrogen (secondary N) is 1. The van der Waals surface area contributed by atoms with Crippen molar-refractivity contribution in [2.24, 2.45) is 0 Å². The van der Waals surface area contributed by atoms with Crippen molar-refractivity contribution in [2.75, 3.05) is 18.5 Å². The zero-order chi connectivity index (χ0) is 15.9. The number of fused-ring (bicyclic) bond motifs is 2. The summed E-state index contributed by atoms with van der Waals surface area (Å²) in [4.78, 5) is 20.3. The highest BCUT2D eigenvalue weighted by molar-refractivity contribution is 5.71.